The van der Waals surface area contributed by atoms with Crippen molar-refractivity contribution >= 4 is 11.9 Å². The molecule has 0 fully saturated rings. The van der Waals surface area contributed by atoms with Crippen LogP contribution in [-0.2, 0) is 25.5 Å². The normalized spacial score (nSPS) is 10.3. The molecular formula is C14H16O4. The van der Waals surface area contributed by atoms with Crippen LogP contribution in [0, 0.1) is 0 Å². The van der Waals surface area contributed by atoms with Gasteiger partial charge in [-0.2, -0.15) is 0 Å². The number of carbonyl (C=O) groups is 2. The molecule has 1 rings (SSSR count). The van der Waals surface area contributed by atoms with Crippen LogP contribution in [0.5, 0.6) is 0 Å². The van der Waals surface area contributed by atoms with E-state index < -0.39 is 11.9 Å². The van der Waals surface area contributed by atoms with Gasteiger partial charge < -0.3 is 9.47 Å². The zero-order valence-corrected chi connectivity index (χ0v) is 10.3. The highest BCUT2D eigenvalue weighted by Crippen LogP contribution is 1.99. The summed E-state index contributed by atoms with van der Waals surface area (Å²) < 4.78 is 9.57. The van der Waals surface area contributed by atoms with E-state index in [0.29, 0.717) is 6.42 Å². The van der Waals surface area contributed by atoms with E-state index in [1.54, 1.807) is 6.92 Å². The Hall–Kier alpha value is -2.10. The summed E-state index contributed by atoms with van der Waals surface area (Å²) in [5.74, 6) is -1.09. The van der Waals surface area contributed by atoms with Gasteiger partial charge in [0.05, 0.1) is 13.2 Å². The van der Waals surface area contributed by atoms with Gasteiger partial charge in [0.2, 0.25) is 0 Å². The van der Waals surface area contributed by atoms with Crippen LogP contribution in [-0.4, -0.2) is 25.2 Å². The van der Waals surface area contributed by atoms with Crippen LogP contribution in [0.15, 0.2) is 42.5 Å². The second-order valence-electron chi connectivity index (χ2n) is 3.49. The van der Waals surface area contributed by atoms with Gasteiger partial charge in [-0.25, -0.2) is 9.59 Å². The quantitative estimate of drug-likeness (QED) is 0.570. The fraction of sp³-hybridized carbons (Fsp3) is 0.286. The van der Waals surface area contributed by atoms with Crippen molar-refractivity contribution in [3.8, 4) is 0 Å². The third-order valence-corrected chi connectivity index (χ3v) is 2.12. The largest absolute Gasteiger partial charge is 0.463 e. The molecule has 96 valence electrons. The molecule has 4 heteroatoms. The lowest BCUT2D eigenvalue weighted by Crippen LogP contribution is -2.06. The first-order valence-corrected chi connectivity index (χ1v) is 5.78. The summed E-state index contributed by atoms with van der Waals surface area (Å²) in [6.07, 6.45) is 2.79. The summed E-state index contributed by atoms with van der Waals surface area (Å²) >= 11 is 0. The molecule has 0 unspecified atom stereocenters. The van der Waals surface area contributed by atoms with E-state index in [1.165, 1.54) is 0 Å². The minimum Gasteiger partial charge on any atom is -0.463 e. The SMILES string of the molecule is CCOC(=O)/C=C/C(=O)OCCc1ccccc1. The molecule has 0 heterocycles. The highest BCUT2D eigenvalue weighted by atomic mass is 16.5. The number of rotatable bonds is 6. The van der Waals surface area contributed by atoms with E-state index in [9.17, 15) is 9.59 Å². The molecule has 0 saturated carbocycles. The molecule has 0 aliphatic heterocycles. The predicted molar refractivity (Wildman–Crippen MR) is 66.9 cm³/mol. The van der Waals surface area contributed by atoms with Gasteiger partial charge in [0.1, 0.15) is 0 Å². The Labute approximate surface area is 106 Å². The zero-order chi connectivity index (χ0) is 13.2. The topological polar surface area (TPSA) is 52.6 Å². The standard InChI is InChI=1S/C14H16O4/c1-2-17-13(15)8-9-14(16)18-11-10-12-6-4-3-5-7-12/h3-9H,2,10-11H2,1H3/b9-8+. The highest BCUT2D eigenvalue weighted by Gasteiger charge is 2.00. The van der Waals surface area contributed by atoms with Crippen molar-refractivity contribution in [1.29, 1.82) is 0 Å². The van der Waals surface area contributed by atoms with Crippen molar-refractivity contribution in [2.75, 3.05) is 13.2 Å². The minimum absolute atomic E-state index is 0.284. The Kier molecular flexibility index (Phi) is 6.25. The fourth-order valence-electron chi connectivity index (χ4n) is 1.29. The van der Waals surface area contributed by atoms with Crippen molar-refractivity contribution < 1.29 is 19.1 Å². The molecule has 0 radical (unpaired) electrons. The molecule has 0 saturated heterocycles. The first-order chi connectivity index (χ1) is 8.72. The lowest BCUT2D eigenvalue weighted by Gasteiger charge is -2.02. The lowest BCUT2D eigenvalue weighted by molar-refractivity contribution is -0.140. The average molecular weight is 248 g/mol. The molecule has 0 aliphatic rings. The second kappa shape index (κ2) is 8.06. The van der Waals surface area contributed by atoms with Gasteiger partial charge in [-0.15, -0.1) is 0 Å². The summed E-state index contributed by atoms with van der Waals surface area (Å²) in [6.45, 7) is 2.27. The van der Waals surface area contributed by atoms with E-state index in [-0.39, 0.29) is 13.2 Å². The van der Waals surface area contributed by atoms with Gasteiger partial charge in [-0.1, -0.05) is 30.3 Å². The van der Waals surface area contributed by atoms with Gasteiger partial charge in [0, 0.05) is 18.6 Å². The summed E-state index contributed by atoms with van der Waals surface area (Å²) in [7, 11) is 0. The summed E-state index contributed by atoms with van der Waals surface area (Å²) in [6, 6.07) is 9.71. The monoisotopic (exact) mass is 248 g/mol. The predicted octanol–water partition coefficient (Wildman–Crippen LogP) is 1.89. The molecule has 1 aromatic carbocycles. The molecular weight excluding hydrogens is 232 g/mol. The molecule has 18 heavy (non-hydrogen) atoms. The zero-order valence-electron chi connectivity index (χ0n) is 10.3. The van der Waals surface area contributed by atoms with Crippen LogP contribution < -0.4 is 0 Å². The van der Waals surface area contributed by atoms with E-state index in [0.717, 1.165) is 17.7 Å². The Morgan fingerprint density at radius 1 is 1.06 bits per heavy atom. The molecule has 0 atom stereocenters. The number of hydrogen-bond acceptors (Lipinski definition) is 4. The summed E-state index contributed by atoms with van der Waals surface area (Å²) in [5.41, 5.74) is 1.10. The van der Waals surface area contributed by atoms with Crippen LogP contribution >= 0.6 is 0 Å². The number of ether oxygens (including phenoxy) is 2. The number of hydrogen-bond donors (Lipinski definition) is 0. The number of benzene rings is 1. The molecule has 0 N–H and O–H groups in total. The molecule has 0 bridgehead atoms. The van der Waals surface area contributed by atoms with Gasteiger partial charge in [-0.3, -0.25) is 0 Å². The van der Waals surface area contributed by atoms with Crippen molar-refractivity contribution in [3.63, 3.8) is 0 Å². The van der Waals surface area contributed by atoms with Crippen molar-refractivity contribution in [2.45, 2.75) is 13.3 Å². The van der Waals surface area contributed by atoms with Crippen molar-refractivity contribution in [3.05, 3.63) is 48.0 Å². The molecule has 0 amide bonds. The van der Waals surface area contributed by atoms with Crippen LogP contribution in [0.4, 0.5) is 0 Å². The van der Waals surface area contributed by atoms with Gasteiger partial charge >= 0.3 is 11.9 Å². The summed E-state index contributed by atoms with van der Waals surface area (Å²) in [5, 5.41) is 0. The molecule has 1 aromatic rings. The Morgan fingerprint density at radius 3 is 2.28 bits per heavy atom. The van der Waals surface area contributed by atoms with Crippen LogP contribution in [0.3, 0.4) is 0 Å². The van der Waals surface area contributed by atoms with Crippen molar-refractivity contribution in [2.24, 2.45) is 0 Å². The van der Waals surface area contributed by atoms with E-state index >= 15 is 0 Å². The van der Waals surface area contributed by atoms with Gasteiger partial charge in [0.25, 0.3) is 0 Å². The molecule has 0 aliphatic carbocycles. The maximum absolute atomic E-state index is 11.2. The van der Waals surface area contributed by atoms with Crippen molar-refractivity contribution in [1.82, 2.24) is 0 Å². The van der Waals surface area contributed by atoms with E-state index in [2.05, 4.69) is 4.74 Å². The Balaban J connectivity index is 2.23. The number of esters is 2. The first-order valence-electron chi connectivity index (χ1n) is 5.78. The Morgan fingerprint density at radius 2 is 1.67 bits per heavy atom. The third kappa shape index (κ3) is 5.84. The maximum atomic E-state index is 11.2. The lowest BCUT2D eigenvalue weighted by atomic mass is 10.2. The van der Waals surface area contributed by atoms with E-state index in [1.807, 2.05) is 30.3 Å². The Bertz CT molecular complexity index is 409. The molecule has 0 spiro atoms. The van der Waals surface area contributed by atoms with Gasteiger partial charge in [-0.05, 0) is 12.5 Å². The van der Waals surface area contributed by atoms with Crippen LogP contribution in [0.2, 0.25) is 0 Å². The third-order valence-electron chi connectivity index (χ3n) is 2.12. The average Bonchev–Trinajstić information content (AvgIpc) is 2.38. The summed E-state index contributed by atoms with van der Waals surface area (Å²) in [4.78, 5) is 22.2. The molecule has 4 nitrogen and oxygen atoms in total. The van der Waals surface area contributed by atoms with E-state index in [4.69, 9.17) is 4.74 Å². The first kappa shape index (κ1) is 14.0. The van der Waals surface area contributed by atoms with Crippen LogP contribution in [0.1, 0.15) is 12.5 Å². The smallest absolute Gasteiger partial charge is 0.331 e. The fourth-order valence-corrected chi connectivity index (χ4v) is 1.29. The second-order valence-corrected chi connectivity index (χ2v) is 3.49. The highest BCUT2D eigenvalue weighted by molar-refractivity contribution is 5.91. The minimum atomic E-state index is -0.544. The number of carbonyl (C=O) groups excluding carboxylic acids is 2. The van der Waals surface area contributed by atoms with Crippen LogP contribution in [0.25, 0.3) is 0 Å². The van der Waals surface area contributed by atoms with Gasteiger partial charge in [0.15, 0.2) is 0 Å². The maximum Gasteiger partial charge on any atom is 0.331 e. The molecule has 0 aromatic heterocycles.